The van der Waals surface area contributed by atoms with Gasteiger partial charge >= 0.3 is 13.2 Å². The van der Waals surface area contributed by atoms with Crippen molar-refractivity contribution in [2.75, 3.05) is 6.54 Å². The fraction of sp³-hybridized carbons (Fsp3) is 0.579. The molecular formula is C19H28BNO5S. The number of thiophene rings is 1. The van der Waals surface area contributed by atoms with Crippen LogP contribution in [-0.4, -0.2) is 42.8 Å². The predicted molar refractivity (Wildman–Crippen MR) is 108 cm³/mol. The monoisotopic (exact) mass is 393 g/mol. The summed E-state index contributed by atoms with van der Waals surface area (Å²) in [4.78, 5) is 23.9. The second kappa shape index (κ2) is 7.77. The third kappa shape index (κ3) is 5.43. The minimum absolute atomic E-state index is 0.180. The summed E-state index contributed by atoms with van der Waals surface area (Å²) in [5, 5.41) is 4.59. The molecule has 2 heterocycles. The van der Waals surface area contributed by atoms with Gasteiger partial charge in [0, 0.05) is 6.54 Å². The summed E-state index contributed by atoms with van der Waals surface area (Å²) in [6.07, 6.45) is 2.13. The van der Waals surface area contributed by atoms with E-state index in [0.717, 1.165) is 11.8 Å². The van der Waals surface area contributed by atoms with Gasteiger partial charge in [0.25, 0.3) is 0 Å². The zero-order chi connectivity index (χ0) is 20.5. The highest BCUT2D eigenvalue weighted by molar-refractivity contribution is 7.12. The third-order valence-corrected chi connectivity index (χ3v) is 5.42. The number of nitrogens with one attached hydrogen (secondary N) is 1. The van der Waals surface area contributed by atoms with Gasteiger partial charge in [-0.15, -0.1) is 11.3 Å². The number of hydrogen-bond donors (Lipinski definition) is 1. The Morgan fingerprint density at radius 1 is 1.26 bits per heavy atom. The number of amides is 1. The Morgan fingerprint density at radius 2 is 1.85 bits per heavy atom. The van der Waals surface area contributed by atoms with Crippen molar-refractivity contribution < 1.29 is 23.6 Å². The number of rotatable bonds is 5. The third-order valence-electron chi connectivity index (χ3n) is 4.57. The fourth-order valence-corrected chi connectivity index (χ4v) is 3.11. The van der Waals surface area contributed by atoms with Crippen molar-refractivity contribution in [1.29, 1.82) is 0 Å². The SMILES string of the molecule is CC(C)(C)OC(=O)NCC(=Cc1ccsc1C=O)B1OC(C)(C)C(C)(C)O1. The van der Waals surface area contributed by atoms with Gasteiger partial charge in [0.05, 0.1) is 16.1 Å². The van der Waals surface area contributed by atoms with E-state index in [4.69, 9.17) is 14.0 Å². The van der Waals surface area contributed by atoms with Crippen LogP contribution in [0.15, 0.2) is 16.9 Å². The molecule has 1 saturated heterocycles. The van der Waals surface area contributed by atoms with E-state index in [0.29, 0.717) is 10.3 Å². The lowest BCUT2D eigenvalue weighted by atomic mass is 9.77. The molecule has 0 aliphatic carbocycles. The maximum absolute atomic E-state index is 12.1. The Hall–Kier alpha value is -1.64. The van der Waals surface area contributed by atoms with Gasteiger partial charge in [0.15, 0.2) is 6.29 Å². The van der Waals surface area contributed by atoms with Gasteiger partial charge in [-0.25, -0.2) is 4.79 Å². The van der Waals surface area contributed by atoms with Crippen molar-refractivity contribution in [1.82, 2.24) is 5.32 Å². The predicted octanol–water partition coefficient (Wildman–Crippen LogP) is 4.10. The average Bonchev–Trinajstić information content (AvgIpc) is 3.03. The van der Waals surface area contributed by atoms with Crippen LogP contribution < -0.4 is 5.32 Å². The molecule has 27 heavy (non-hydrogen) atoms. The highest BCUT2D eigenvalue weighted by Gasteiger charge is 2.52. The van der Waals surface area contributed by atoms with Gasteiger partial charge in [-0.2, -0.15) is 0 Å². The van der Waals surface area contributed by atoms with Crippen LogP contribution in [0.3, 0.4) is 0 Å². The zero-order valence-corrected chi connectivity index (χ0v) is 17.9. The number of alkyl carbamates (subject to hydrolysis) is 1. The van der Waals surface area contributed by atoms with Gasteiger partial charge in [0.2, 0.25) is 0 Å². The van der Waals surface area contributed by atoms with Crippen molar-refractivity contribution in [2.45, 2.75) is 65.3 Å². The van der Waals surface area contributed by atoms with Crippen molar-refractivity contribution in [2.24, 2.45) is 0 Å². The lowest BCUT2D eigenvalue weighted by molar-refractivity contribution is 0.00578. The molecule has 1 amide bonds. The molecule has 6 nitrogen and oxygen atoms in total. The Balaban J connectivity index is 2.25. The topological polar surface area (TPSA) is 73.9 Å². The van der Waals surface area contributed by atoms with E-state index < -0.39 is 30.0 Å². The summed E-state index contributed by atoms with van der Waals surface area (Å²) in [7, 11) is -0.635. The molecule has 0 saturated carbocycles. The second-order valence-corrected chi connectivity index (χ2v) is 9.47. The molecule has 1 aliphatic heterocycles. The Bertz CT molecular complexity index is 717. The number of aldehydes is 1. The molecule has 2 rings (SSSR count). The molecule has 0 unspecified atom stereocenters. The molecule has 1 aliphatic rings. The van der Waals surface area contributed by atoms with E-state index in [-0.39, 0.29) is 6.54 Å². The minimum Gasteiger partial charge on any atom is -0.444 e. The highest BCUT2D eigenvalue weighted by atomic mass is 32.1. The van der Waals surface area contributed by atoms with E-state index in [1.807, 2.05) is 45.2 Å². The lowest BCUT2D eigenvalue weighted by Crippen LogP contribution is -2.41. The largest absolute Gasteiger partial charge is 0.492 e. The number of carbonyl (C=O) groups is 2. The first kappa shape index (κ1) is 21.7. The molecule has 0 spiro atoms. The molecular weight excluding hydrogens is 365 g/mol. The van der Waals surface area contributed by atoms with E-state index in [1.165, 1.54) is 11.3 Å². The summed E-state index contributed by atoms with van der Waals surface area (Å²) in [6, 6.07) is 1.85. The quantitative estimate of drug-likeness (QED) is 0.602. The van der Waals surface area contributed by atoms with Gasteiger partial charge in [-0.1, -0.05) is 6.08 Å². The van der Waals surface area contributed by atoms with Crippen molar-refractivity contribution >= 4 is 36.9 Å². The molecule has 1 N–H and O–H groups in total. The summed E-state index contributed by atoms with van der Waals surface area (Å²) in [5.74, 6) is 0. The molecule has 0 aromatic carbocycles. The Morgan fingerprint density at radius 3 is 2.37 bits per heavy atom. The van der Waals surface area contributed by atoms with Crippen LogP contribution in [0.2, 0.25) is 0 Å². The fourth-order valence-electron chi connectivity index (χ4n) is 2.43. The van der Waals surface area contributed by atoms with Crippen LogP contribution in [0, 0.1) is 0 Å². The van der Waals surface area contributed by atoms with E-state index in [1.54, 1.807) is 20.8 Å². The highest BCUT2D eigenvalue weighted by Crippen LogP contribution is 2.39. The van der Waals surface area contributed by atoms with E-state index in [2.05, 4.69) is 5.32 Å². The van der Waals surface area contributed by atoms with Gasteiger partial charge in [-0.05, 0) is 70.9 Å². The molecule has 0 radical (unpaired) electrons. The smallest absolute Gasteiger partial charge is 0.444 e. The first-order valence-electron chi connectivity index (χ1n) is 8.90. The average molecular weight is 393 g/mol. The molecule has 1 fully saturated rings. The summed E-state index contributed by atoms with van der Waals surface area (Å²) in [6.45, 7) is 13.5. The van der Waals surface area contributed by atoms with Crippen LogP contribution in [0.25, 0.3) is 6.08 Å². The Labute approximate surface area is 165 Å². The molecule has 0 atom stereocenters. The molecule has 8 heteroatoms. The molecule has 1 aromatic rings. The lowest BCUT2D eigenvalue weighted by Gasteiger charge is -2.32. The van der Waals surface area contributed by atoms with Gasteiger partial charge < -0.3 is 19.4 Å². The van der Waals surface area contributed by atoms with Gasteiger partial charge in [0.1, 0.15) is 5.60 Å². The number of hydrogen-bond acceptors (Lipinski definition) is 6. The van der Waals surface area contributed by atoms with Crippen LogP contribution in [0.1, 0.15) is 63.7 Å². The molecule has 1 aromatic heterocycles. The summed E-state index contributed by atoms with van der Waals surface area (Å²) >= 11 is 1.36. The maximum atomic E-state index is 12.1. The summed E-state index contributed by atoms with van der Waals surface area (Å²) in [5.41, 5.74) is -0.127. The first-order valence-corrected chi connectivity index (χ1v) is 9.78. The standard InChI is InChI=1S/C19H28BNO5S/c1-17(2,3)24-16(23)21-11-14(10-13-8-9-27-15(13)12-22)20-25-18(4,5)19(6,7)26-20/h8-10,12H,11H2,1-7H3,(H,21,23). The number of carbonyl (C=O) groups excluding carboxylic acids is 2. The van der Waals surface area contributed by atoms with Crippen molar-refractivity contribution in [3.8, 4) is 0 Å². The maximum Gasteiger partial charge on any atom is 0.492 e. The molecule has 148 valence electrons. The normalized spacial score (nSPS) is 19.1. The first-order chi connectivity index (χ1) is 12.3. The molecule has 0 bridgehead atoms. The van der Waals surface area contributed by atoms with Crippen LogP contribution >= 0.6 is 11.3 Å². The van der Waals surface area contributed by atoms with Crippen LogP contribution in [0.4, 0.5) is 4.79 Å². The van der Waals surface area contributed by atoms with Gasteiger partial charge in [-0.3, -0.25) is 4.79 Å². The van der Waals surface area contributed by atoms with E-state index >= 15 is 0 Å². The van der Waals surface area contributed by atoms with Crippen LogP contribution in [0.5, 0.6) is 0 Å². The van der Waals surface area contributed by atoms with E-state index in [9.17, 15) is 9.59 Å². The summed E-state index contributed by atoms with van der Waals surface area (Å²) < 4.78 is 17.5. The zero-order valence-electron chi connectivity index (χ0n) is 17.0. The van der Waals surface area contributed by atoms with Crippen molar-refractivity contribution in [3.63, 3.8) is 0 Å². The van der Waals surface area contributed by atoms with Crippen molar-refractivity contribution in [3.05, 3.63) is 27.4 Å². The van der Waals surface area contributed by atoms with Crippen LogP contribution in [-0.2, 0) is 14.0 Å². The number of ether oxygens (including phenoxy) is 1. The minimum atomic E-state index is -0.635. The second-order valence-electron chi connectivity index (χ2n) is 8.52. The Kier molecular flexibility index (Phi) is 6.24.